The molecule has 3 N–H and O–H groups in total. The minimum Gasteiger partial charge on any atom is -0.396 e. The molecule has 13 heavy (non-hydrogen) atoms. The third-order valence-electron chi connectivity index (χ3n) is 3.12. The van der Waals surface area contributed by atoms with Crippen LogP contribution in [0.4, 0.5) is 0 Å². The predicted molar refractivity (Wildman–Crippen MR) is 52.5 cm³/mol. The van der Waals surface area contributed by atoms with Crippen LogP contribution in [-0.4, -0.2) is 35.5 Å². The molecule has 1 rings (SSSR count). The monoisotopic (exact) mass is 187 g/mol. The van der Waals surface area contributed by atoms with Gasteiger partial charge in [0.15, 0.2) is 0 Å². The zero-order valence-electron chi connectivity index (χ0n) is 8.58. The Morgan fingerprint density at radius 1 is 1.38 bits per heavy atom. The van der Waals surface area contributed by atoms with Gasteiger partial charge in [-0.1, -0.05) is 0 Å². The number of hydrogen-bond donors (Lipinski definition) is 3. The maximum absolute atomic E-state index is 9.26. The number of rotatable bonds is 6. The van der Waals surface area contributed by atoms with Crippen molar-refractivity contribution < 1.29 is 10.2 Å². The van der Waals surface area contributed by atoms with Gasteiger partial charge >= 0.3 is 0 Å². The Morgan fingerprint density at radius 2 is 2.00 bits per heavy atom. The molecule has 1 aliphatic rings. The lowest BCUT2D eigenvalue weighted by Crippen LogP contribution is -2.39. The minimum absolute atomic E-state index is 0.149. The van der Waals surface area contributed by atoms with Crippen LogP contribution in [0, 0.1) is 5.41 Å². The van der Waals surface area contributed by atoms with Crippen molar-refractivity contribution in [2.75, 3.05) is 13.2 Å². The van der Waals surface area contributed by atoms with Gasteiger partial charge in [-0.15, -0.1) is 0 Å². The molecule has 1 saturated carbocycles. The van der Waals surface area contributed by atoms with Gasteiger partial charge in [0.25, 0.3) is 0 Å². The minimum atomic E-state index is -0.301. The average Bonchev–Trinajstić information content (AvgIpc) is 2.82. The molecule has 0 aliphatic heterocycles. The molecule has 0 spiro atoms. The van der Waals surface area contributed by atoms with Crippen LogP contribution < -0.4 is 5.32 Å². The Balaban J connectivity index is 2.18. The van der Waals surface area contributed by atoms with Crippen LogP contribution in [0.1, 0.15) is 33.1 Å². The van der Waals surface area contributed by atoms with Gasteiger partial charge in [-0.2, -0.15) is 0 Å². The first-order valence-corrected chi connectivity index (χ1v) is 5.12. The molecule has 0 heterocycles. The van der Waals surface area contributed by atoms with Gasteiger partial charge in [0.2, 0.25) is 0 Å². The smallest absolute Gasteiger partial charge is 0.0662 e. The summed E-state index contributed by atoms with van der Waals surface area (Å²) >= 11 is 0. The molecule has 2 unspecified atom stereocenters. The van der Waals surface area contributed by atoms with E-state index < -0.39 is 0 Å². The van der Waals surface area contributed by atoms with Gasteiger partial charge in [-0.25, -0.2) is 0 Å². The highest BCUT2D eigenvalue weighted by molar-refractivity contribution is 4.95. The van der Waals surface area contributed by atoms with Crippen molar-refractivity contribution in [1.29, 1.82) is 0 Å². The molecule has 1 fully saturated rings. The van der Waals surface area contributed by atoms with Crippen molar-refractivity contribution in [3.63, 3.8) is 0 Å². The highest BCUT2D eigenvalue weighted by Gasteiger charge is 2.41. The van der Waals surface area contributed by atoms with Crippen LogP contribution in [0.25, 0.3) is 0 Å². The van der Waals surface area contributed by atoms with Crippen molar-refractivity contribution in [2.24, 2.45) is 5.41 Å². The fraction of sp³-hybridized carbons (Fsp3) is 1.00. The summed E-state index contributed by atoms with van der Waals surface area (Å²) in [7, 11) is 0. The van der Waals surface area contributed by atoms with E-state index >= 15 is 0 Å². The molecule has 0 aromatic heterocycles. The summed E-state index contributed by atoms with van der Waals surface area (Å²) < 4.78 is 0. The maximum atomic E-state index is 9.26. The Labute approximate surface area is 80.2 Å². The van der Waals surface area contributed by atoms with Gasteiger partial charge in [0.1, 0.15) is 0 Å². The van der Waals surface area contributed by atoms with E-state index in [9.17, 15) is 5.11 Å². The number of aliphatic hydroxyl groups is 2. The molecule has 0 saturated heterocycles. The first kappa shape index (κ1) is 11.0. The first-order valence-electron chi connectivity index (χ1n) is 5.12. The van der Waals surface area contributed by atoms with E-state index in [1.54, 1.807) is 6.92 Å². The lowest BCUT2D eigenvalue weighted by atomic mass is 10.0. The second-order valence-electron chi connectivity index (χ2n) is 4.38. The molecule has 3 heteroatoms. The average molecular weight is 187 g/mol. The lowest BCUT2D eigenvalue weighted by molar-refractivity contribution is 0.146. The van der Waals surface area contributed by atoms with Crippen LogP contribution in [0.3, 0.4) is 0 Å². The third kappa shape index (κ3) is 3.25. The second-order valence-corrected chi connectivity index (χ2v) is 4.38. The highest BCUT2D eigenvalue weighted by Crippen LogP contribution is 2.47. The normalized spacial score (nSPS) is 24.0. The molecular weight excluding hydrogens is 166 g/mol. The van der Waals surface area contributed by atoms with E-state index in [-0.39, 0.29) is 18.8 Å². The zero-order valence-corrected chi connectivity index (χ0v) is 8.58. The van der Waals surface area contributed by atoms with Gasteiger partial charge < -0.3 is 15.5 Å². The van der Waals surface area contributed by atoms with Crippen LogP contribution in [0.15, 0.2) is 0 Å². The Hall–Kier alpha value is -0.120. The number of hydrogen-bond acceptors (Lipinski definition) is 3. The predicted octanol–water partition coefficient (Wildman–Crippen LogP) is 0.508. The summed E-state index contributed by atoms with van der Waals surface area (Å²) in [4.78, 5) is 0. The van der Waals surface area contributed by atoms with Crippen molar-refractivity contribution in [3.05, 3.63) is 0 Å². The molecule has 0 amide bonds. The summed E-state index contributed by atoms with van der Waals surface area (Å²) in [5.74, 6) is 0. The van der Waals surface area contributed by atoms with E-state index in [0.29, 0.717) is 5.41 Å². The Morgan fingerprint density at radius 3 is 2.38 bits per heavy atom. The molecular formula is C10H21NO2. The molecule has 0 bridgehead atoms. The van der Waals surface area contributed by atoms with Gasteiger partial charge in [0, 0.05) is 19.2 Å². The Bertz CT molecular complexity index is 155. The van der Waals surface area contributed by atoms with E-state index in [4.69, 9.17) is 5.11 Å². The second kappa shape index (κ2) is 4.40. The quantitative estimate of drug-likeness (QED) is 0.568. The third-order valence-corrected chi connectivity index (χ3v) is 3.12. The van der Waals surface area contributed by atoms with Gasteiger partial charge in [0.05, 0.1) is 6.10 Å². The van der Waals surface area contributed by atoms with Crippen molar-refractivity contribution >= 4 is 0 Å². The van der Waals surface area contributed by atoms with Gasteiger partial charge in [-0.3, -0.25) is 0 Å². The lowest BCUT2D eigenvalue weighted by Gasteiger charge is -2.21. The Kier molecular flexibility index (Phi) is 3.71. The fourth-order valence-electron chi connectivity index (χ4n) is 1.48. The van der Waals surface area contributed by atoms with E-state index in [0.717, 1.165) is 13.0 Å². The van der Waals surface area contributed by atoms with E-state index in [1.807, 2.05) is 6.92 Å². The van der Waals surface area contributed by atoms with Crippen LogP contribution in [0.5, 0.6) is 0 Å². The largest absolute Gasteiger partial charge is 0.396 e. The van der Waals surface area contributed by atoms with E-state index in [2.05, 4.69) is 5.32 Å². The van der Waals surface area contributed by atoms with Crippen LogP contribution >= 0.6 is 0 Å². The summed E-state index contributed by atoms with van der Waals surface area (Å²) in [5.41, 5.74) is 0.345. The summed E-state index contributed by atoms with van der Waals surface area (Å²) in [5, 5.41) is 21.4. The van der Waals surface area contributed by atoms with Crippen molar-refractivity contribution in [1.82, 2.24) is 5.32 Å². The topological polar surface area (TPSA) is 52.5 Å². The van der Waals surface area contributed by atoms with E-state index in [1.165, 1.54) is 12.8 Å². The molecule has 1 aliphatic carbocycles. The van der Waals surface area contributed by atoms with Crippen LogP contribution in [-0.2, 0) is 0 Å². The number of aliphatic hydroxyl groups excluding tert-OH is 2. The molecule has 0 aromatic rings. The fourth-order valence-corrected chi connectivity index (χ4v) is 1.48. The molecule has 0 radical (unpaired) electrons. The molecule has 78 valence electrons. The van der Waals surface area contributed by atoms with Gasteiger partial charge in [-0.05, 0) is 38.5 Å². The summed E-state index contributed by atoms with van der Waals surface area (Å²) in [6, 6.07) is 0.149. The standard InChI is InChI=1S/C10H21NO2/c1-8(9(2)13)11-7-10(3-4-10)5-6-12/h8-9,11-13H,3-7H2,1-2H3. The molecule has 0 aromatic carbocycles. The summed E-state index contributed by atoms with van der Waals surface area (Å²) in [6.45, 7) is 4.99. The maximum Gasteiger partial charge on any atom is 0.0662 e. The molecule has 2 atom stereocenters. The van der Waals surface area contributed by atoms with Crippen molar-refractivity contribution in [3.8, 4) is 0 Å². The zero-order chi connectivity index (χ0) is 9.90. The molecule has 3 nitrogen and oxygen atoms in total. The first-order chi connectivity index (χ1) is 6.09. The number of nitrogens with one attached hydrogen (secondary N) is 1. The SMILES string of the molecule is CC(O)C(C)NCC1(CCO)CC1. The van der Waals surface area contributed by atoms with Crippen molar-refractivity contribution in [2.45, 2.75) is 45.3 Å². The highest BCUT2D eigenvalue weighted by atomic mass is 16.3. The van der Waals surface area contributed by atoms with Crippen LogP contribution in [0.2, 0.25) is 0 Å². The summed E-state index contributed by atoms with van der Waals surface area (Å²) in [6.07, 6.45) is 3.03.